The van der Waals surface area contributed by atoms with Gasteiger partial charge in [0.1, 0.15) is 0 Å². The second-order valence-electron chi connectivity index (χ2n) is 0.258. The van der Waals surface area contributed by atoms with Gasteiger partial charge >= 0.3 is 0 Å². The van der Waals surface area contributed by atoms with E-state index in [0.717, 1.165) is 6.61 Å². The molecule has 44 valence electrons. The maximum atomic E-state index is 7.44. The van der Waals surface area contributed by atoms with Gasteiger partial charge in [0.25, 0.3) is 0 Å². The molecule has 1 N–H and O–H groups in total. The summed E-state index contributed by atoms with van der Waals surface area (Å²) < 4.78 is 0. The van der Waals surface area contributed by atoms with E-state index in [0.29, 0.717) is 0 Å². The van der Waals surface area contributed by atoms with Gasteiger partial charge in [-0.1, -0.05) is 0 Å². The Morgan fingerprint density at radius 1 is 1.40 bits per heavy atom. The van der Waals surface area contributed by atoms with Gasteiger partial charge in [-0.3, -0.25) is 0 Å². The molecule has 0 bridgehead atoms. The molecule has 0 fully saturated rings. The largest absolute Gasteiger partial charge is 0.566 e. The number of aliphatic hydroxyl groups excluding tert-OH is 1. The van der Waals surface area contributed by atoms with Crippen LogP contribution in [0.15, 0.2) is 0 Å². The predicted octanol–water partition coefficient (Wildman–Crippen LogP) is 0.541. The van der Waals surface area contributed by atoms with Crippen molar-refractivity contribution in [3.8, 4) is 0 Å². The molecule has 0 aliphatic rings. The van der Waals surface area contributed by atoms with Gasteiger partial charge < -0.3 is 5.11 Å². The van der Waals surface area contributed by atoms with Crippen LogP contribution in [-0.2, 0) is 0 Å². The minimum Gasteiger partial charge on any atom is -0.566 e. The number of hydrogen-bond donors (Lipinski definition) is 1. The zero-order valence-corrected chi connectivity index (χ0v) is 6.31. The third kappa shape index (κ3) is 21.3. The molecule has 0 atom stereocenters. The van der Waals surface area contributed by atoms with Crippen LogP contribution in [-0.4, -0.2) is 5.11 Å². The zero-order chi connectivity index (χ0) is 2.71. The van der Waals surface area contributed by atoms with Crippen molar-refractivity contribution in [1.29, 1.82) is 0 Å². The molecule has 0 aromatic rings. The van der Waals surface area contributed by atoms with Gasteiger partial charge in [-0.2, -0.15) is 6.92 Å². The molecule has 0 saturated carbocycles. The fourth-order valence-corrected chi connectivity index (χ4v) is 0. The summed E-state index contributed by atoms with van der Waals surface area (Å²) >= 11 is 0. The van der Waals surface area contributed by atoms with Crippen LogP contribution in [0.4, 0.5) is 0 Å². The molecule has 0 radical (unpaired) electrons. The Labute approximate surface area is 91.3 Å². The van der Waals surface area contributed by atoms with Crippen LogP contribution in [0.5, 0.6) is 0 Å². The summed E-state index contributed by atoms with van der Waals surface area (Å²) in [4.78, 5) is 0. The van der Waals surface area contributed by atoms with E-state index in [-0.39, 0.29) is 74.6 Å². The average molecular weight is 380 g/mol. The fraction of sp³-hybridized carbons (Fsp3) is 0.500. The molecule has 0 amide bonds. The standard InChI is InChI=1S/C2H5O.2Er/c1-2-3;;/h2-3H,1H3;;/q-1;;. The quantitative estimate of drug-likeness (QED) is 0.609. The first-order chi connectivity index (χ1) is 1.41. The second-order valence-corrected chi connectivity index (χ2v) is 0.258. The van der Waals surface area contributed by atoms with Crippen LogP contribution < -0.4 is 0 Å². The molecule has 1 nitrogen and oxygen atoms in total. The van der Waals surface area contributed by atoms with Crippen molar-refractivity contribution in [2.45, 2.75) is 6.92 Å². The normalized spacial score (nSPS) is 3.60. The Hall–Kier alpha value is 2.45. The Bertz CT molecular complexity index is 7.61. The van der Waals surface area contributed by atoms with Gasteiger partial charge in [-0.25, -0.2) is 6.61 Å². The van der Waals surface area contributed by atoms with E-state index in [1.54, 1.807) is 6.92 Å². The van der Waals surface area contributed by atoms with Crippen LogP contribution in [0.25, 0.3) is 0 Å². The molecule has 0 heterocycles. The number of aliphatic hydroxyl groups is 1. The summed E-state index contributed by atoms with van der Waals surface area (Å²) in [6.45, 7) is 2.56. The molecular weight excluding hydrogens is 375 g/mol. The molecule has 0 aliphatic carbocycles. The van der Waals surface area contributed by atoms with Crippen molar-refractivity contribution in [3.05, 3.63) is 6.61 Å². The first-order valence-electron chi connectivity index (χ1n) is 0.836. The van der Waals surface area contributed by atoms with E-state index in [2.05, 4.69) is 0 Å². The van der Waals surface area contributed by atoms with Crippen molar-refractivity contribution in [2.75, 3.05) is 0 Å². The molecule has 0 rings (SSSR count). The van der Waals surface area contributed by atoms with E-state index in [1.807, 2.05) is 0 Å². The van der Waals surface area contributed by atoms with Crippen molar-refractivity contribution < 1.29 is 79.7 Å². The minimum absolute atomic E-state index is 0. The van der Waals surface area contributed by atoms with Crippen molar-refractivity contribution >= 4 is 0 Å². The Morgan fingerprint density at radius 3 is 1.40 bits per heavy atom. The Kier molecular flexibility index (Phi) is 50.4. The summed E-state index contributed by atoms with van der Waals surface area (Å²) in [6, 6.07) is 0. The van der Waals surface area contributed by atoms with Gasteiger partial charge in [0, 0.05) is 74.6 Å². The van der Waals surface area contributed by atoms with Crippen molar-refractivity contribution in [3.63, 3.8) is 0 Å². The summed E-state index contributed by atoms with van der Waals surface area (Å²) in [6.07, 6.45) is 0. The maximum absolute atomic E-state index is 7.44. The molecule has 3 heteroatoms. The van der Waals surface area contributed by atoms with Crippen LogP contribution in [0.3, 0.4) is 0 Å². The fourth-order valence-electron chi connectivity index (χ4n) is 0. The zero-order valence-electron chi connectivity index (χ0n) is 2.60. The molecule has 0 aliphatic heterocycles. The monoisotopic (exact) mass is 377 g/mol. The minimum atomic E-state index is 0. The molecule has 0 aromatic carbocycles. The molecule has 5 heavy (non-hydrogen) atoms. The summed E-state index contributed by atoms with van der Waals surface area (Å²) in [7, 11) is 0. The van der Waals surface area contributed by atoms with Gasteiger partial charge in [0.15, 0.2) is 0 Å². The van der Waals surface area contributed by atoms with E-state index in [1.165, 1.54) is 0 Å². The average Bonchev–Trinajstić information content (AvgIpc) is 0.918. The third-order valence-corrected chi connectivity index (χ3v) is 0. The molecule has 0 saturated heterocycles. The van der Waals surface area contributed by atoms with Crippen molar-refractivity contribution in [1.82, 2.24) is 0 Å². The smallest absolute Gasteiger partial charge is 0 e. The van der Waals surface area contributed by atoms with Gasteiger partial charge in [-0.15, -0.1) is 0 Å². The van der Waals surface area contributed by atoms with Crippen molar-refractivity contribution in [2.24, 2.45) is 0 Å². The van der Waals surface area contributed by atoms with E-state index in [9.17, 15) is 0 Å². The molecule has 0 aromatic heterocycles. The molecule has 0 unspecified atom stereocenters. The number of rotatable bonds is 0. The summed E-state index contributed by atoms with van der Waals surface area (Å²) in [5.74, 6) is 0. The van der Waals surface area contributed by atoms with Gasteiger partial charge in [0.2, 0.25) is 0 Å². The number of hydrogen-bond acceptors (Lipinski definition) is 1. The van der Waals surface area contributed by atoms with Crippen LogP contribution in [0.2, 0.25) is 0 Å². The van der Waals surface area contributed by atoms with E-state index >= 15 is 0 Å². The van der Waals surface area contributed by atoms with Crippen LogP contribution in [0.1, 0.15) is 6.92 Å². The Morgan fingerprint density at radius 2 is 1.40 bits per heavy atom. The predicted molar refractivity (Wildman–Crippen MR) is 11.9 cm³/mol. The first-order valence-corrected chi connectivity index (χ1v) is 0.836. The first kappa shape index (κ1) is 15.7. The Balaban J connectivity index is -0.0000000200. The SMILES string of the molecule is C[CH-]O.[Er].[Er]. The summed E-state index contributed by atoms with van der Waals surface area (Å²) in [5.41, 5.74) is 0. The molecular formula is C2H5Er2O-. The van der Waals surface area contributed by atoms with Crippen LogP contribution in [0, 0.1) is 81.2 Å². The van der Waals surface area contributed by atoms with E-state index < -0.39 is 0 Å². The van der Waals surface area contributed by atoms with Gasteiger partial charge in [-0.05, 0) is 0 Å². The van der Waals surface area contributed by atoms with Crippen LogP contribution >= 0.6 is 0 Å². The third-order valence-electron chi connectivity index (χ3n) is 0. The second kappa shape index (κ2) is 16.1. The molecule has 0 spiro atoms. The van der Waals surface area contributed by atoms with E-state index in [4.69, 9.17) is 5.11 Å². The summed E-state index contributed by atoms with van der Waals surface area (Å²) in [5, 5.41) is 7.44. The maximum Gasteiger partial charge on any atom is 0 e. The topological polar surface area (TPSA) is 20.2 Å². The van der Waals surface area contributed by atoms with Gasteiger partial charge in [0.05, 0.1) is 0 Å².